The quantitative estimate of drug-likeness (QED) is 0.0611. The maximum absolute atomic E-state index is 13.7. The van der Waals surface area contributed by atoms with Crippen LogP contribution in [0.3, 0.4) is 0 Å². The third-order valence-corrected chi connectivity index (χ3v) is 13.5. The number of sulfonamides is 2. The summed E-state index contributed by atoms with van der Waals surface area (Å²) in [6.45, 7) is 18.4. The van der Waals surface area contributed by atoms with E-state index in [0.29, 0.717) is 51.5 Å². The fourth-order valence-electron chi connectivity index (χ4n) is 6.49. The number of aliphatic hydroxyl groups is 1. The number of hydrogen-bond donors (Lipinski definition) is 1. The summed E-state index contributed by atoms with van der Waals surface area (Å²) < 4.78 is 77.0. The number of alkyl halides is 1. The Kier molecular flexibility index (Phi) is 21.3. The van der Waals surface area contributed by atoms with E-state index in [1.807, 2.05) is 53.7 Å². The molecule has 0 amide bonds. The van der Waals surface area contributed by atoms with E-state index in [4.69, 9.17) is 18.9 Å². The molecule has 4 aromatic carbocycles. The first-order valence-corrected chi connectivity index (χ1v) is 24.3. The van der Waals surface area contributed by atoms with Gasteiger partial charge in [0.1, 0.15) is 29.0 Å². The third kappa shape index (κ3) is 17.2. The van der Waals surface area contributed by atoms with E-state index in [9.17, 15) is 31.5 Å². The van der Waals surface area contributed by atoms with Crippen molar-refractivity contribution in [3.05, 3.63) is 107 Å². The molecule has 0 aromatic heterocycles. The van der Waals surface area contributed by atoms with Crippen LogP contribution in [0.25, 0.3) is 0 Å². The Hall–Kier alpha value is -4.48. The van der Waals surface area contributed by atoms with E-state index in [0.717, 1.165) is 0 Å². The molecule has 0 bridgehead atoms. The van der Waals surface area contributed by atoms with Crippen molar-refractivity contribution in [2.75, 3.05) is 61.1 Å². The molecule has 0 spiro atoms. The molecule has 4 rings (SSSR count). The largest absolute Gasteiger partial charge is 0.497 e. The van der Waals surface area contributed by atoms with Crippen LogP contribution in [0.1, 0.15) is 70.2 Å². The lowest BCUT2D eigenvalue weighted by atomic mass is 9.90. The molecule has 13 nitrogen and oxygen atoms in total. The second-order valence-corrected chi connectivity index (χ2v) is 20.9. The molecular weight excluding hydrogens is 913 g/mol. The summed E-state index contributed by atoms with van der Waals surface area (Å²) in [6.07, 6.45) is 0.415. The normalized spacial score (nSPS) is 11.6. The van der Waals surface area contributed by atoms with Crippen LogP contribution in [0.4, 0.5) is 11.4 Å². The number of aryl methyl sites for hydroxylation is 4. The first-order chi connectivity index (χ1) is 29.3. The van der Waals surface area contributed by atoms with Crippen LogP contribution < -0.4 is 18.1 Å². The third-order valence-electron chi connectivity index (χ3n) is 8.79. The van der Waals surface area contributed by atoms with Gasteiger partial charge in [0.15, 0.2) is 5.78 Å². The number of nitrogens with zero attached hydrogens (tertiary/aromatic N) is 2. The predicted molar refractivity (Wildman–Crippen MR) is 254 cm³/mol. The number of ether oxygens (including phenoxy) is 4. The van der Waals surface area contributed by atoms with Crippen LogP contribution in [0.15, 0.2) is 94.7 Å². The molecule has 0 aliphatic carbocycles. The highest BCUT2D eigenvalue weighted by Crippen LogP contribution is 2.32. The number of methoxy groups -OCH3 is 2. The Bertz CT molecular complexity index is 2260. The Labute approximate surface area is 383 Å². The van der Waals surface area contributed by atoms with E-state index < -0.39 is 20.0 Å². The molecule has 0 atom stereocenters. The van der Waals surface area contributed by atoms with Gasteiger partial charge in [-0.05, 0) is 125 Å². The number of halogens is 1. The van der Waals surface area contributed by atoms with Gasteiger partial charge in [-0.1, -0.05) is 73.1 Å². The predicted octanol–water partition coefficient (Wildman–Crippen LogP) is 8.75. The number of anilines is 2. The number of carbonyl (C=O) groups excluding carboxylic acids is 2. The topological polar surface area (TPSA) is 166 Å². The maximum atomic E-state index is 13.7. The SMILES string of the molecule is CC(C)(C)OC(=O)CBr.COc1cc(C)c(S(=O)(=O)N(CCO)c2ccccc2)c(C)c1.COc1cc(C)c(S(=O)(=O)N(CCOCC(=O)CC(C)(C)C)c2ccccc2)c(C)c1. The average molecular weight is 978 g/mol. The van der Waals surface area contributed by atoms with Crippen LogP contribution in [0.2, 0.25) is 0 Å². The number of hydrogen-bond acceptors (Lipinski definition) is 11. The maximum Gasteiger partial charge on any atom is 0.317 e. The summed E-state index contributed by atoms with van der Waals surface area (Å²) in [5.74, 6) is 1.01. The van der Waals surface area contributed by atoms with Crippen molar-refractivity contribution in [1.29, 1.82) is 0 Å². The Morgan fingerprint density at radius 3 is 1.33 bits per heavy atom. The fourth-order valence-corrected chi connectivity index (χ4v) is 10.3. The number of ketones is 1. The van der Waals surface area contributed by atoms with Gasteiger partial charge in [-0.3, -0.25) is 18.2 Å². The van der Waals surface area contributed by atoms with Gasteiger partial charge in [-0.2, -0.15) is 0 Å². The van der Waals surface area contributed by atoms with Crippen molar-refractivity contribution in [3.63, 3.8) is 0 Å². The lowest BCUT2D eigenvalue weighted by Crippen LogP contribution is -2.35. The van der Waals surface area contributed by atoms with E-state index in [-0.39, 0.29) is 70.8 Å². The smallest absolute Gasteiger partial charge is 0.317 e. The molecule has 1 N–H and O–H groups in total. The van der Waals surface area contributed by atoms with Gasteiger partial charge in [0.25, 0.3) is 20.0 Å². The fraction of sp³-hybridized carbons (Fsp3) is 0.447. The van der Waals surface area contributed by atoms with Crippen LogP contribution in [-0.4, -0.2) is 91.8 Å². The van der Waals surface area contributed by atoms with Gasteiger partial charge < -0.3 is 24.1 Å². The number of rotatable bonds is 17. The lowest BCUT2D eigenvalue weighted by molar-refractivity contribution is -0.151. The van der Waals surface area contributed by atoms with Crippen molar-refractivity contribution in [2.45, 2.75) is 91.1 Å². The first kappa shape index (κ1) is 54.7. The van der Waals surface area contributed by atoms with Crippen LogP contribution in [0, 0.1) is 33.1 Å². The summed E-state index contributed by atoms with van der Waals surface area (Å²) in [6, 6.07) is 24.5. The van der Waals surface area contributed by atoms with Gasteiger partial charge in [0.05, 0.1) is 61.7 Å². The second-order valence-electron chi connectivity index (χ2n) is 16.8. The number of para-hydroxylation sites is 2. The minimum absolute atomic E-state index is 0.00272. The number of Topliss-reactive ketones (excluding diaryl/α,β-unsaturated/α-hetero) is 1. The molecule has 0 aliphatic rings. The van der Waals surface area contributed by atoms with Crippen molar-refractivity contribution < 1.29 is 50.5 Å². The van der Waals surface area contributed by atoms with Crippen LogP contribution >= 0.6 is 15.9 Å². The molecule has 4 aromatic rings. The minimum Gasteiger partial charge on any atom is -0.497 e. The highest BCUT2D eigenvalue weighted by Gasteiger charge is 2.30. The highest BCUT2D eigenvalue weighted by molar-refractivity contribution is 9.09. The number of esters is 1. The van der Waals surface area contributed by atoms with E-state index in [1.54, 1.807) is 115 Å². The van der Waals surface area contributed by atoms with E-state index in [1.165, 1.54) is 8.61 Å². The second kappa shape index (κ2) is 24.5. The van der Waals surface area contributed by atoms with Crippen molar-refractivity contribution in [1.82, 2.24) is 0 Å². The molecule has 0 radical (unpaired) electrons. The van der Waals surface area contributed by atoms with Gasteiger partial charge in [-0.25, -0.2) is 16.8 Å². The van der Waals surface area contributed by atoms with Gasteiger partial charge in [-0.15, -0.1) is 0 Å². The Balaban J connectivity index is 0.000000373. The Morgan fingerprint density at radius 2 is 1.03 bits per heavy atom. The van der Waals surface area contributed by atoms with E-state index in [2.05, 4.69) is 15.9 Å². The zero-order valence-corrected chi connectivity index (χ0v) is 41.9. The summed E-state index contributed by atoms with van der Waals surface area (Å²) >= 11 is 2.99. The minimum atomic E-state index is -3.86. The number of benzene rings is 4. The summed E-state index contributed by atoms with van der Waals surface area (Å²) in [7, 11) is -4.54. The van der Waals surface area contributed by atoms with Gasteiger partial charge in [0.2, 0.25) is 0 Å². The zero-order chi connectivity index (χ0) is 47.8. The monoisotopic (exact) mass is 976 g/mol. The molecule has 0 unspecified atom stereocenters. The number of carbonyl (C=O) groups is 2. The highest BCUT2D eigenvalue weighted by atomic mass is 79.9. The van der Waals surface area contributed by atoms with Crippen molar-refractivity contribution in [3.8, 4) is 11.5 Å². The van der Waals surface area contributed by atoms with Gasteiger partial charge in [0, 0.05) is 6.42 Å². The molecule has 0 saturated carbocycles. The molecular formula is C47H65BrN2O11S2. The molecule has 0 fully saturated rings. The molecule has 0 aliphatic heterocycles. The number of aliphatic hydroxyl groups excluding tert-OH is 1. The summed E-state index contributed by atoms with van der Waals surface area (Å²) in [5, 5.41) is 9.57. The standard InChI is InChI=1S/C24H33NO5S.C17H21NO4S.C6H11BrO2/c1-18-14-22(29-6)15-19(2)23(18)31(27,28)25(20-10-8-7-9-11-20)12-13-30-17-21(26)16-24(3,4)5;1-13-11-16(22-3)12-14(2)17(13)23(20,21)18(9-10-19)15-7-5-4-6-8-15;1-6(2,3)9-5(8)4-7/h7-11,14-15H,12-13,16-17H2,1-6H3;4-8,11-12,19H,9-10H2,1-3H3;4H2,1-3H3. The Morgan fingerprint density at radius 1 is 0.651 bits per heavy atom. The first-order valence-electron chi connectivity index (χ1n) is 20.3. The molecule has 348 valence electrons. The summed E-state index contributed by atoms with van der Waals surface area (Å²) in [5.41, 5.74) is 3.05. The molecule has 0 saturated heterocycles. The van der Waals surface area contributed by atoms with E-state index >= 15 is 0 Å². The summed E-state index contributed by atoms with van der Waals surface area (Å²) in [4.78, 5) is 23.1. The molecule has 0 heterocycles. The average Bonchev–Trinajstić information content (AvgIpc) is 3.18. The van der Waals surface area contributed by atoms with Gasteiger partial charge >= 0.3 is 5.97 Å². The van der Waals surface area contributed by atoms with Crippen LogP contribution in [0.5, 0.6) is 11.5 Å². The van der Waals surface area contributed by atoms with Crippen molar-refractivity contribution in [2.24, 2.45) is 5.41 Å². The lowest BCUT2D eigenvalue weighted by Gasteiger charge is -2.26. The molecule has 63 heavy (non-hydrogen) atoms. The van der Waals surface area contributed by atoms with Crippen LogP contribution in [-0.2, 0) is 39.1 Å². The van der Waals surface area contributed by atoms with Crippen molar-refractivity contribution >= 4 is 59.1 Å². The molecule has 16 heteroatoms. The zero-order valence-electron chi connectivity index (χ0n) is 38.7.